The van der Waals surface area contributed by atoms with Crippen molar-refractivity contribution < 1.29 is 22.7 Å². The zero-order valence-corrected chi connectivity index (χ0v) is 20.3. The van der Waals surface area contributed by atoms with Crippen LogP contribution < -0.4 is 10.6 Å². The molecule has 1 aliphatic carbocycles. The number of nitrogens with one attached hydrogen (secondary N) is 2. The number of nitrogens with zero attached hydrogens (tertiary/aromatic N) is 2. The third-order valence-corrected chi connectivity index (χ3v) is 4.83. The Hall–Kier alpha value is -1.56. The Labute approximate surface area is 199 Å². The standard InChI is InChI=1S/C21H31F3N4O2.HI/c1-28(2)19(29)13-26-20(27-18-6-4-3-5-7-18)25-12-16-8-10-17(11-9-16)14-30-15-21(22,23)24;/h8-11,18H,3-7,12-15H2,1-2H3,(H2,25,26,27);1H. The van der Waals surface area contributed by atoms with Gasteiger partial charge >= 0.3 is 6.18 Å². The molecule has 1 saturated carbocycles. The molecule has 0 bridgehead atoms. The first kappa shape index (κ1) is 27.5. The van der Waals surface area contributed by atoms with Gasteiger partial charge in [0.25, 0.3) is 0 Å². The molecule has 1 aromatic rings. The van der Waals surface area contributed by atoms with E-state index in [-0.39, 0.29) is 43.0 Å². The van der Waals surface area contributed by atoms with Gasteiger partial charge in [0.1, 0.15) is 6.61 Å². The van der Waals surface area contributed by atoms with Crippen molar-refractivity contribution in [2.24, 2.45) is 4.99 Å². The number of aliphatic imine (C=N–C) groups is 1. The topological polar surface area (TPSA) is 66.0 Å². The van der Waals surface area contributed by atoms with Crippen LogP contribution in [-0.2, 0) is 22.7 Å². The van der Waals surface area contributed by atoms with Gasteiger partial charge < -0.3 is 20.3 Å². The summed E-state index contributed by atoms with van der Waals surface area (Å²) in [7, 11) is 3.41. The number of guanidine groups is 1. The van der Waals surface area contributed by atoms with Gasteiger partial charge in [-0.1, -0.05) is 43.5 Å². The van der Waals surface area contributed by atoms with Crippen LogP contribution in [0.5, 0.6) is 0 Å². The molecule has 6 nitrogen and oxygen atoms in total. The Morgan fingerprint density at radius 3 is 2.32 bits per heavy atom. The maximum Gasteiger partial charge on any atom is 0.411 e. The van der Waals surface area contributed by atoms with Gasteiger partial charge in [0, 0.05) is 20.1 Å². The van der Waals surface area contributed by atoms with Crippen LogP contribution in [0.25, 0.3) is 0 Å². The highest BCUT2D eigenvalue weighted by Crippen LogP contribution is 2.18. The molecule has 0 spiro atoms. The Kier molecular flexibility index (Phi) is 12.2. The summed E-state index contributed by atoms with van der Waals surface area (Å²) in [6, 6.07) is 7.45. The second-order valence-electron chi connectivity index (χ2n) is 7.71. The van der Waals surface area contributed by atoms with Crippen LogP contribution in [0.15, 0.2) is 29.3 Å². The fourth-order valence-electron chi connectivity index (χ4n) is 3.11. The molecular formula is C21H32F3IN4O2. The van der Waals surface area contributed by atoms with Crippen LogP contribution in [0.3, 0.4) is 0 Å². The van der Waals surface area contributed by atoms with Crippen molar-refractivity contribution in [1.82, 2.24) is 15.5 Å². The minimum Gasteiger partial charge on any atom is -0.367 e. The summed E-state index contributed by atoms with van der Waals surface area (Å²) in [5, 5.41) is 6.51. The maximum absolute atomic E-state index is 12.1. The van der Waals surface area contributed by atoms with Gasteiger partial charge in [0.15, 0.2) is 5.96 Å². The van der Waals surface area contributed by atoms with Crippen molar-refractivity contribution in [3.05, 3.63) is 35.4 Å². The largest absolute Gasteiger partial charge is 0.411 e. The lowest BCUT2D eigenvalue weighted by molar-refractivity contribution is -0.176. The molecule has 2 rings (SSSR count). The van der Waals surface area contributed by atoms with E-state index < -0.39 is 12.8 Å². The minimum atomic E-state index is -4.32. The molecule has 0 heterocycles. The summed E-state index contributed by atoms with van der Waals surface area (Å²) < 4.78 is 41.1. The van der Waals surface area contributed by atoms with E-state index in [1.54, 1.807) is 26.2 Å². The normalized spacial score (nSPS) is 15.2. The Morgan fingerprint density at radius 2 is 1.74 bits per heavy atom. The number of alkyl halides is 3. The zero-order valence-electron chi connectivity index (χ0n) is 18.0. The first-order chi connectivity index (χ1) is 14.2. The monoisotopic (exact) mass is 556 g/mol. The number of likely N-dealkylation sites (N-methyl/N-ethyl adjacent to an activating group) is 1. The van der Waals surface area contributed by atoms with Gasteiger partial charge in [-0.05, 0) is 24.0 Å². The van der Waals surface area contributed by atoms with Crippen molar-refractivity contribution >= 4 is 35.8 Å². The van der Waals surface area contributed by atoms with Gasteiger partial charge in [0.05, 0.1) is 19.7 Å². The molecule has 1 aromatic carbocycles. The average Bonchev–Trinajstić information content (AvgIpc) is 2.70. The highest BCUT2D eigenvalue weighted by atomic mass is 127. The van der Waals surface area contributed by atoms with Crippen LogP contribution in [0.2, 0.25) is 0 Å². The highest BCUT2D eigenvalue weighted by molar-refractivity contribution is 14.0. The summed E-state index contributed by atoms with van der Waals surface area (Å²) in [4.78, 5) is 18.0. The van der Waals surface area contributed by atoms with Crippen LogP contribution in [0, 0.1) is 0 Å². The smallest absolute Gasteiger partial charge is 0.367 e. The zero-order chi connectivity index (χ0) is 22.0. The van der Waals surface area contributed by atoms with E-state index in [0.29, 0.717) is 24.1 Å². The molecule has 0 radical (unpaired) electrons. The number of benzene rings is 1. The van der Waals surface area contributed by atoms with E-state index in [2.05, 4.69) is 20.4 Å². The number of halogens is 4. The first-order valence-corrected chi connectivity index (χ1v) is 10.2. The van der Waals surface area contributed by atoms with Crippen molar-refractivity contribution in [1.29, 1.82) is 0 Å². The van der Waals surface area contributed by atoms with Crippen LogP contribution in [-0.4, -0.2) is 56.2 Å². The van der Waals surface area contributed by atoms with Gasteiger partial charge in [-0.25, -0.2) is 4.99 Å². The average molecular weight is 556 g/mol. The van der Waals surface area contributed by atoms with Crippen molar-refractivity contribution in [2.45, 2.75) is 57.5 Å². The molecule has 10 heteroatoms. The number of hydrogen-bond donors (Lipinski definition) is 2. The quantitative estimate of drug-likeness (QED) is 0.290. The Morgan fingerprint density at radius 1 is 1.13 bits per heavy atom. The highest BCUT2D eigenvalue weighted by Gasteiger charge is 2.27. The molecule has 0 unspecified atom stereocenters. The van der Waals surface area contributed by atoms with Gasteiger partial charge in [-0.3, -0.25) is 4.79 Å². The third-order valence-electron chi connectivity index (χ3n) is 4.83. The Balaban J connectivity index is 0.00000480. The molecule has 0 saturated heterocycles. The maximum atomic E-state index is 12.1. The first-order valence-electron chi connectivity index (χ1n) is 10.2. The fraction of sp³-hybridized carbons (Fsp3) is 0.619. The summed E-state index contributed by atoms with van der Waals surface area (Å²) in [5.74, 6) is 0.547. The molecule has 1 aliphatic rings. The number of hydrogen-bond acceptors (Lipinski definition) is 3. The van der Waals surface area contributed by atoms with Crippen molar-refractivity contribution in [3.8, 4) is 0 Å². The fourth-order valence-corrected chi connectivity index (χ4v) is 3.11. The number of rotatable bonds is 8. The number of carbonyl (C=O) groups excluding carboxylic acids is 1. The predicted octanol–water partition coefficient (Wildman–Crippen LogP) is 3.84. The van der Waals surface area contributed by atoms with Crippen molar-refractivity contribution in [2.75, 3.05) is 27.2 Å². The molecule has 1 amide bonds. The van der Waals surface area contributed by atoms with Crippen LogP contribution >= 0.6 is 24.0 Å². The molecule has 0 aromatic heterocycles. The number of amides is 1. The van der Waals surface area contributed by atoms with Crippen molar-refractivity contribution in [3.63, 3.8) is 0 Å². The predicted molar refractivity (Wildman–Crippen MR) is 125 cm³/mol. The van der Waals surface area contributed by atoms with E-state index in [1.165, 1.54) is 24.2 Å². The summed E-state index contributed by atoms with van der Waals surface area (Å²) in [6.45, 7) is -0.804. The van der Waals surface area contributed by atoms with E-state index in [1.807, 2.05) is 12.1 Å². The van der Waals surface area contributed by atoms with Gasteiger partial charge in [0.2, 0.25) is 5.91 Å². The molecule has 31 heavy (non-hydrogen) atoms. The van der Waals surface area contributed by atoms with E-state index >= 15 is 0 Å². The Bertz CT molecular complexity index is 691. The van der Waals surface area contributed by atoms with Gasteiger partial charge in [-0.15, -0.1) is 24.0 Å². The SMILES string of the molecule is CN(C)C(=O)CNC(=NCc1ccc(COCC(F)(F)F)cc1)NC1CCCCC1.I. The van der Waals surface area contributed by atoms with E-state index in [4.69, 9.17) is 0 Å². The lowest BCUT2D eigenvalue weighted by Gasteiger charge is -2.25. The minimum absolute atomic E-state index is 0. The van der Waals surface area contributed by atoms with Gasteiger partial charge in [-0.2, -0.15) is 13.2 Å². The lowest BCUT2D eigenvalue weighted by Crippen LogP contribution is -2.47. The second kappa shape index (κ2) is 13.8. The molecule has 2 N–H and O–H groups in total. The lowest BCUT2D eigenvalue weighted by atomic mass is 9.96. The molecule has 0 atom stereocenters. The number of ether oxygens (including phenoxy) is 1. The summed E-state index contributed by atoms with van der Waals surface area (Å²) in [5.41, 5.74) is 1.58. The van der Waals surface area contributed by atoms with E-state index in [9.17, 15) is 18.0 Å². The second-order valence-corrected chi connectivity index (χ2v) is 7.71. The summed E-state index contributed by atoms with van der Waals surface area (Å²) >= 11 is 0. The third kappa shape index (κ3) is 11.6. The number of carbonyl (C=O) groups is 1. The van der Waals surface area contributed by atoms with Crippen LogP contribution in [0.4, 0.5) is 13.2 Å². The summed E-state index contributed by atoms with van der Waals surface area (Å²) in [6.07, 6.45) is 1.44. The molecule has 176 valence electrons. The van der Waals surface area contributed by atoms with E-state index in [0.717, 1.165) is 18.4 Å². The molecule has 1 fully saturated rings. The van der Waals surface area contributed by atoms with Crippen LogP contribution in [0.1, 0.15) is 43.2 Å². The molecular weight excluding hydrogens is 524 g/mol. The molecule has 0 aliphatic heterocycles.